The van der Waals surface area contributed by atoms with Crippen LogP contribution in [0.25, 0.3) is 0 Å². The first kappa shape index (κ1) is 11.9. The van der Waals surface area contributed by atoms with Gasteiger partial charge in [0.05, 0.1) is 11.1 Å². The van der Waals surface area contributed by atoms with Gasteiger partial charge in [0, 0.05) is 26.5 Å². The van der Waals surface area contributed by atoms with E-state index in [0.29, 0.717) is 11.1 Å². The summed E-state index contributed by atoms with van der Waals surface area (Å²) in [5.41, 5.74) is 0.423. The number of rotatable bonds is 0. The predicted octanol–water partition coefficient (Wildman–Crippen LogP) is 0.484. The van der Waals surface area contributed by atoms with Crippen LogP contribution in [-0.2, 0) is 14.1 Å². The summed E-state index contributed by atoms with van der Waals surface area (Å²) in [4.78, 5) is 23.4. The molecule has 0 bridgehead atoms. The van der Waals surface area contributed by atoms with E-state index in [1.165, 1.54) is 9.13 Å². The van der Waals surface area contributed by atoms with Crippen LogP contribution >= 0.6 is 0 Å². The molecule has 2 aromatic heterocycles. The minimum absolute atomic E-state index is 0.169. The molecule has 90 valence electrons. The number of nitrogens with zero attached hydrogens (tertiary/aromatic N) is 2. The Morgan fingerprint density at radius 2 is 1.22 bits per heavy atom. The Morgan fingerprint density at radius 1 is 0.833 bits per heavy atom. The highest BCUT2D eigenvalue weighted by Crippen LogP contribution is 1.91. The number of hydrogen-bond acceptors (Lipinski definition) is 2. The smallest absolute Gasteiger partial charge is 0.266 e. The van der Waals surface area contributed by atoms with E-state index >= 15 is 0 Å². The molecule has 0 aliphatic rings. The fourth-order valence-electron chi connectivity index (χ4n) is 1.52. The Balaban J connectivity index is 2.50. The van der Waals surface area contributed by atoms with Gasteiger partial charge in [-0.2, -0.15) is 0 Å². The summed E-state index contributed by atoms with van der Waals surface area (Å²) >= 11 is 0. The van der Waals surface area contributed by atoms with Crippen molar-refractivity contribution in [2.75, 3.05) is 0 Å². The van der Waals surface area contributed by atoms with Crippen LogP contribution in [0.1, 0.15) is 11.1 Å². The van der Waals surface area contributed by atoms with Crippen molar-refractivity contribution in [2.45, 2.75) is 0 Å². The van der Waals surface area contributed by atoms with Gasteiger partial charge in [0.25, 0.3) is 11.1 Å². The maximum absolute atomic E-state index is 11.7. The zero-order valence-electron chi connectivity index (χ0n) is 10.2. The molecular weight excluding hydrogens is 228 g/mol. The number of aryl methyl sites for hydroxylation is 2. The molecule has 18 heavy (non-hydrogen) atoms. The van der Waals surface area contributed by atoms with Gasteiger partial charge in [0.15, 0.2) is 0 Å². The van der Waals surface area contributed by atoms with Gasteiger partial charge in [-0.25, -0.2) is 0 Å². The number of hydrogen-bond donors (Lipinski definition) is 0. The molecule has 0 aliphatic heterocycles. The summed E-state index contributed by atoms with van der Waals surface area (Å²) < 4.78 is 2.90. The van der Waals surface area contributed by atoms with Crippen molar-refractivity contribution in [3.63, 3.8) is 0 Å². The van der Waals surface area contributed by atoms with Gasteiger partial charge in [0.2, 0.25) is 0 Å². The molecule has 0 unspecified atom stereocenters. The lowest BCUT2D eigenvalue weighted by molar-refractivity contribution is 0.855. The highest BCUT2D eigenvalue weighted by atomic mass is 16.1. The summed E-state index contributed by atoms with van der Waals surface area (Å²) in [5, 5.41) is 0. The third-order valence-electron chi connectivity index (χ3n) is 2.58. The van der Waals surface area contributed by atoms with E-state index in [0.717, 1.165) is 0 Å². The zero-order chi connectivity index (χ0) is 13.1. The molecule has 4 heteroatoms. The van der Waals surface area contributed by atoms with E-state index in [1.54, 1.807) is 50.8 Å². The highest BCUT2D eigenvalue weighted by Gasteiger charge is 1.98. The molecule has 0 spiro atoms. The van der Waals surface area contributed by atoms with Crippen LogP contribution < -0.4 is 11.1 Å². The number of pyridine rings is 2. The van der Waals surface area contributed by atoms with Gasteiger partial charge < -0.3 is 9.13 Å². The first-order valence-electron chi connectivity index (χ1n) is 5.43. The van der Waals surface area contributed by atoms with Gasteiger partial charge >= 0.3 is 0 Å². The van der Waals surface area contributed by atoms with Crippen LogP contribution in [0.15, 0.2) is 46.2 Å². The molecule has 0 atom stereocenters. The fourth-order valence-corrected chi connectivity index (χ4v) is 1.52. The third kappa shape index (κ3) is 2.25. The molecule has 0 amide bonds. The van der Waals surface area contributed by atoms with E-state index in [9.17, 15) is 9.59 Å². The fraction of sp³-hybridized carbons (Fsp3) is 0.143. The molecule has 0 radical (unpaired) electrons. The SMILES string of the molecule is Cn1cccc(C#Cc2cccn(C)c2=O)c1=O. The quantitative estimate of drug-likeness (QED) is 0.629. The second-order valence-corrected chi connectivity index (χ2v) is 3.93. The van der Waals surface area contributed by atoms with Crippen LogP contribution in [0.2, 0.25) is 0 Å². The Morgan fingerprint density at radius 3 is 1.61 bits per heavy atom. The van der Waals surface area contributed by atoms with Gasteiger partial charge in [-0.3, -0.25) is 9.59 Å². The molecule has 0 aromatic carbocycles. The monoisotopic (exact) mass is 240 g/mol. The predicted molar refractivity (Wildman–Crippen MR) is 69.3 cm³/mol. The van der Waals surface area contributed by atoms with Crippen LogP contribution in [0.5, 0.6) is 0 Å². The van der Waals surface area contributed by atoms with Crippen LogP contribution in [0, 0.1) is 11.8 Å². The Bertz CT molecular complexity index is 694. The van der Waals surface area contributed by atoms with Gasteiger partial charge in [-0.15, -0.1) is 0 Å². The second-order valence-electron chi connectivity index (χ2n) is 3.93. The summed E-state index contributed by atoms with van der Waals surface area (Å²) in [6.45, 7) is 0. The minimum atomic E-state index is -0.169. The molecule has 0 fully saturated rings. The lowest BCUT2D eigenvalue weighted by Crippen LogP contribution is -2.19. The lowest BCUT2D eigenvalue weighted by atomic mass is 10.2. The van der Waals surface area contributed by atoms with Crippen molar-refractivity contribution in [3.8, 4) is 11.8 Å². The van der Waals surface area contributed by atoms with E-state index in [-0.39, 0.29) is 11.1 Å². The van der Waals surface area contributed by atoms with Crippen molar-refractivity contribution in [1.29, 1.82) is 0 Å². The van der Waals surface area contributed by atoms with Crippen molar-refractivity contribution < 1.29 is 0 Å². The van der Waals surface area contributed by atoms with Crippen molar-refractivity contribution >= 4 is 0 Å². The van der Waals surface area contributed by atoms with E-state index in [1.807, 2.05) is 0 Å². The molecule has 2 heterocycles. The summed E-state index contributed by atoms with van der Waals surface area (Å²) in [5.74, 6) is 5.48. The molecule has 0 aliphatic carbocycles. The van der Waals surface area contributed by atoms with E-state index in [4.69, 9.17) is 0 Å². The third-order valence-corrected chi connectivity index (χ3v) is 2.58. The second kappa shape index (κ2) is 4.76. The highest BCUT2D eigenvalue weighted by molar-refractivity contribution is 5.40. The molecule has 2 rings (SSSR count). The molecule has 4 nitrogen and oxygen atoms in total. The largest absolute Gasteiger partial charge is 0.318 e. The molecular formula is C14H12N2O2. The van der Waals surface area contributed by atoms with Crippen LogP contribution in [0.3, 0.4) is 0 Å². The number of aromatic nitrogens is 2. The zero-order valence-corrected chi connectivity index (χ0v) is 10.2. The van der Waals surface area contributed by atoms with Crippen molar-refractivity contribution in [2.24, 2.45) is 14.1 Å². The topological polar surface area (TPSA) is 44.0 Å². The van der Waals surface area contributed by atoms with Gasteiger partial charge in [-0.05, 0) is 24.3 Å². The molecule has 2 aromatic rings. The van der Waals surface area contributed by atoms with Gasteiger partial charge in [0.1, 0.15) is 0 Å². The Kier molecular flexibility index (Phi) is 3.16. The van der Waals surface area contributed by atoms with E-state index in [2.05, 4.69) is 11.8 Å². The maximum Gasteiger partial charge on any atom is 0.266 e. The molecule has 0 N–H and O–H groups in total. The average Bonchev–Trinajstić information content (AvgIpc) is 2.36. The van der Waals surface area contributed by atoms with Gasteiger partial charge in [-0.1, -0.05) is 11.8 Å². The van der Waals surface area contributed by atoms with E-state index < -0.39 is 0 Å². The first-order valence-corrected chi connectivity index (χ1v) is 5.43. The molecule has 0 saturated carbocycles. The minimum Gasteiger partial charge on any atom is -0.318 e. The normalized spacial score (nSPS) is 9.67. The average molecular weight is 240 g/mol. The first-order chi connectivity index (χ1) is 8.59. The maximum atomic E-state index is 11.7. The summed E-state index contributed by atoms with van der Waals surface area (Å²) in [6.07, 6.45) is 3.32. The lowest BCUT2D eigenvalue weighted by Gasteiger charge is -1.97. The Hall–Kier alpha value is -2.54. The summed E-state index contributed by atoms with van der Waals surface area (Å²) in [6, 6.07) is 6.77. The van der Waals surface area contributed by atoms with Crippen molar-refractivity contribution in [1.82, 2.24) is 9.13 Å². The van der Waals surface area contributed by atoms with Crippen LogP contribution in [-0.4, -0.2) is 9.13 Å². The van der Waals surface area contributed by atoms with Crippen LogP contribution in [0.4, 0.5) is 0 Å². The van der Waals surface area contributed by atoms with Crippen molar-refractivity contribution in [3.05, 3.63) is 68.5 Å². The summed E-state index contributed by atoms with van der Waals surface area (Å²) in [7, 11) is 3.32. The molecule has 0 saturated heterocycles. The standard InChI is InChI=1S/C14H12N2O2/c1-15-9-3-5-11(13(15)17)7-8-12-6-4-10-16(2)14(12)18/h3-6,9-10H,1-2H3. The Labute approximate surface area is 104 Å².